The molecule has 4 heteroatoms. The molecule has 0 unspecified atom stereocenters. The summed E-state index contributed by atoms with van der Waals surface area (Å²) in [6, 6.07) is 11.4. The van der Waals surface area contributed by atoms with E-state index in [-0.39, 0.29) is 0 Å². The van der Waals surface area contributed by atoms with Crippen molar-refractivity contribution in [2.45, 2.75) is 13.8 Å². The minimum absolute atomic E-state index is 0.402. The van der Waals surface area contributed by atoms with Gasteiger partial charge in [-0.05, 0) is 48.7 Å². The Morgan fingerprint density at radius 3 is 2.70 bits per heavy atom. The van der Waals surface area contributed by atoms with Gasteiger partial charge in [0.25, 0.3) is 0 Å². The van der Waals surface area contributed by atoms with Crippen LogP contribution in [0.25, 0.3) is 23.3 Å². The molecule has 116 valence electrons. The van der Waals surface area contributed by atoms with Gasteiger partial charge < -0.3 is 9.15 Å². The zero-order valence-corrected chi connectivity index (χ0v) is 13.3. The van der Waals surface area contributed by atoms with Gasteiger partial charge in [-0.1, -0.05) is 24.3 Å². The van der Waals surface area contributed by atoms with Crippen molar-refractivity contribution in [2.75, 3.05) is 7.11 Å². The quantitative estimate of drug-likeness (QED) is 0.673. The lowest BCUT2D eigenvalue weighted by atomic mass is 10.1. The maximum absolute atomic E-state index is 11.8. The number of oxazole rings is 1. The highest BCUT2D eigenvalue weighted by Gasteiger charge is 2.14. The minimum atomic E-state index is -0.423. The molecule has 0 atom stereocenters. The SMILES string of the molecule is COC(=O)c1cccc2oc(/C=C/c3ccc(C)c(C)c3)nc12. The van der Waals surface area contributed by atoms with Crippen LogP contribution >= 0.6 is 0 Å². The number of nitrogens with zero attached hydrogens (tertiary/aromatic N) is 1. The zero-order valence-electron chi connectivity index (χ0n) is 13.3. The van der Waals surface area contributed by atoms with Crippen LogP contribution in [0.15, 0.2) is 40.8 Å². The number of para-hydroxylation sites is 1. The molecule has 0 aliphatic carbocycles. The van der Waals surface area contributed by atoms with E-state index < -0.39 is 5.97 Å². The number of benzene rings is 2. The number of methoxy groups -OCH3 is 1. The molecule has 0 radical (unpaired) electrons. The fraction of sp³-hybridized carbons (Fsp3) is 0.158. The van der Waals surface area contributed by atoms with Crippen LogP contribution in [0.1, 0.15) is 32.9 Å². The summed E-state index contributed by atoms with van der Waals surface area (Å²) >= 11 is 0. The number of ether oxygens (including phenoxy) is 1. The molecule has 3 rings (SSSR count). The molecule has 0 bridgehead atoms. The largest absolute Gasteiger partial charge is 0.465 e. The fourth-order valence-corrected chi connectivity index (χ4v) is 2.35. The summed E-state index contributed by atoms with van der Waals surface area (Å²) in [4.78, 5) is 16.1. The topological polar surface area (TPSA) is 52.3 Å². The van der Waals surface area contributed by atoms with Gasteiger partial charge in [0, 0.05) is 6.08 Å². The van der Waals surface area contributed by atoms with Crippen LogP contribution in [0.3, 0.4) is 0 Å². The van der Waals surface area contributed by atoms with E-state index in [4.69, 9.17) is 9.15 Å². The molecular formula is C19H17NO3. The molecule has 1 aromatic heterocycles. The Kier molecular flexibility index (Phi) is 3.98. The second-order valence-electron chi connectivity index (χ2n) is 5.37. The van der Waals surface area contributed by atoms with Gasteiger partial charge in [0.2, 0.25) is 5.89 Å². The fourth-order valence-electron chi connectivity index (χ4n) is 2.35. The van der Waals surface area contributed by atoms with Gasteiger partial charge in [0.15, 0.2) is 5.58 Å². The normalized spacial score (nSPS) is 11.3. The van der Waals surface area contributed by atoms with Crippen LogP contribution < -0.4 is 0 Å². The Bertz CT molecular complexity index is 906. The third kappa shape index (κ3) is 3.01. The summed E-state index contributed by atoms with van der Waals surface area (Å²) in [6.45, 7) is 4.16. The van der Waals surface area contributed by atoms with E-state index in [0.717, 1.165) is 5.56 Å². The summed E-state index contributed by atoms with van der Waals surface area (Å²) in [7, 11) is 1.35. The van der Waals surface area contributed by atoms with Crippen LogP contribution in [0, 0.1) is 13.8 Å². The Balaban J connectivity index is 1.96. The summed E-state index contributed by atoms with van der Waals surface area (Å²) in [5.41, 5.74) is 5.04. The van der Waals surface area contributed by atoms with Crippen molar-refractivity contribution in [3.05, 3.63) is 64.5 Å². The molecule has 0 aliphatic heterocycles. The molecule has 0 amide bonds. The molecule has 0 saturated heterocycles. The first-order valence-electron chi connectivity index (χ1n) is 7.31. The molecule has 2 aromatic carbocycles. The molecule has 0 fully saturated rings. The van der Waals surface area contributed by atoms with Crippen molar-refractivity contribution >= 4 is 29.2 Å². The lowest BCUT2D eigenvalue weighted by Crippen LogP contribution is -2.01. The predicted molar refractivity (Wildman–Crippen MR) is 90.2 cm³/mol. The van der Waals surface area contributed by atoms with Gasteiger partial charge in [-0.2, -0.15) is 0 Å². The number of hydrogen-bond donors (Lipinski definition) is 0. The maximum atomic E-state index is 11.8. The van der Waals surface area contributed by atoms with E-state index in [1.807, 2.05) is 12.1 Å². The van der Waals surface area contributed by atoms with Gasteiger partial charge >= 0.3 is 5.97 Å². The van der Waals surface area contributed by atoms with E-state index >= 15 is 0 Å². The molecular weight excluding hydrogens is 290 g/mol. The number of aryl methyl sites for hydroxylation is 2. The summed E-state index contributed by atoms with van der Waals surface area (Å²) in [6.07, 6.45) is 3.74. The van der Waals surface area contributed by atoms with Crippen LogP contribution in [-0.4, -0.2) is 18.1 Å². The van der Waals surface area contributed by atoms with Crippen LogP contribution in [0.4, 0.5) is 0 Å². The Hall–Kier alpha value is -2.88. The lowest BCUT2D eigenvalue weighted by molar-refractivity contribution is 0.0602. The molecule has 3 aromatic rings. The second kappa shape index (κ2) is 6.08. The molecule has 0 N–H and O–H groups in total. The van der Waals surface area contributed by atoms with E-state index in [2.05, 4.69) is 31.0 Å². The van der Waals surface area contributed by atoms with Crippen molar-refractivity contribution in [1.29, 1.82) is 0 Å². The number of fused-ring (bicyclic) bond motifs is 1. The van der Waals surface area contributed by atoms with E-state index in [1.165, 1.54) is 18.2 Å². The third-order valence-electron chi connectivity index (χ3n) is 3.79. The molecule has 0 aliphatic rings. The Morgan fingerprint density at radius 2 is 1.96 bits per heavy atom. The van der Waals surface area contributed by atoms with Gasteiger partial charge in [-0.25, -0.2) is 9.78 Å². The molecule has 0 saturated carbocycles. The van der Waals surface area contributed by atoms with E-state index in [9.17, 15) is 4.79 Å². The Labute approximate surface area is 134 Å². The zero-order chi connectivity index (χ0) is 16.4. The van der Waals surface area contributed by atoms with Gasteiger partial charge in [-0.15, -0.1) is 0 Å². The number of aromatic nitrogens is 1. The predicted octanol–water partition coefficient (Wildman–Crippen LogP) is 4.40. The first kappa shape index (κ1) is 15.0. The van der Waals surface area contributed by atoms with Gasteiger partial charge in [0.1, 0.15) is 5.52 Å². The van der Waals surface area contributed by atoms with Crippen molar-refractivity contribution in [3.63, 3.8) is 0 Å². The second-order valence-corrected chi connectivity index (χ2v) is 5.37. The highest BCUT2D eigenvalue weighted by molar-refractivity contribution is 6.01. The number of carbonyl (C=O) groups excluding carboxylic acids is 1. The standard InChI is InChI=1S/C19H17NO3/c1-12-7-8-14(11-13(12)2)9-10-17-20-18-15(19(21)22-3)5-4-6-16(18)23-17/h4-11H,1-3H3/b10-9+. The number of esters is 1. The highest BCUT2D eigenvalue weighted by Crippen LogP contribution is 2.22. The maximum Gasteiger partial charge on any atom is 0.340 e. The highest BCUT2D eigenvalue weighted by atomic mass is 16.5. The van der Waals surface area contributed by atoms with Crippen molar-refractivity contribution in [2.24, 2.45) is 0 Å². The smallest absolute Gasteiger partial charge is 0.340 e. The summed E-state index contributed by atoms with van der Waals surface area (Å²) in [5, 5.41) is 0. The van der Waals surface area contributed by atoms with E-state index in [1.54, 1.807) is 24.3 Å². The lowest BCUT2D eigenvalue weighted by Gasteiger charge is -2.00. The molecule has 23 heavy (non-hydrogen) atoms. The van der Waals surface area contributed by atoms with Crippen LogP contribution in [0.2, 0.25) is 0 Å². The number of hydrogen-bond acceptors (Lipinski definition) is 4. The van der Waals surface area contributed by atoms with Crippen LogP contribution in [0.5, 0.6) is 0 Å². The van der Waals surface area contributed by atoms with Crippen molar-refractivity contribution < 1.29 is 13.9 Å². The summed E-state index contributed by atoms with van der Waals surface area (Å²) in [5.74, 6) is 0.0307. The molecule has 4 nitrogen and oxygen atoms in total. The monoisotopic (exact) mass is 307 g/mol. The van der Waals surface area contributed by atoms with Crippen LogP contribution in [-0.2, 0) is 4.74 Å². The Morgan fingerprint density at radius 1 is 1.13 bits per heavy atom. The van der Waals surface area contributed by atoms with Crippen molar-refractivity contribution in [1.82, 2.24) is 4.98 Å². The number of rotatable bonds is 3. The summed E-state index contributed by atoms with van der Waals surface area (Å²) < 4.78 is 10.4. The first-order valence-corrected chi connectivity index (χ1v) is 7.31. The molecule has 1 heterocycles. The average molecular weight is 307 g/mol. The first-order chi connectivity index (χ1) is 11.1. The minimum Gasteiger partial charge on any atom is -0.465 e. The van der Waals surface area contributed by atoms with Gasteiger partial charge in [-0.3, -0.25) is 0 Å². The number of carbonyl (C=O) groups is 1. The van der Waals surface area contributed by atoms with E-state index in [0.29, 0.717) is 22.6 Å². The average Bonchev–Trinajstić information content (AvgIpc) is 2.98. The molecule has 0 spiro atoms. The third-order valence-corrected chi connectivity index (χ3v) is 3.79. The van der Waals surface area contributed by atoms with Gasteiger partial charge in [0.05, 0.1) is 12.7 Å². The van der Waals surface area contributed by atoms with Crippen molar-refractivity contribution in [3.8, 4) is 0 Å².